The molecule has 0 radical (unpaired) electrons. The maximum Gasteiger partial charge on any atom is 0.230 e. The predicted octanol–water partition coefficient (Wildman–Crippen LogP) is 0.739. The lowest BCUT2D eigenvalue weighted by atomic mass is 10.0. The monoisotopic (exact) mass is 254 g/mol. The molecular formula is C11H18N4OS. The molecule has 1 heterocycles. The largest absolute Gasteiger partial charge is 0.393 e. The average molecular weight is 254 g/mol. The normalized spacial score (nSPS) is 12.1. The van der Waals surface area contributed by atoms with Crippen LogP contribution in [-0.4, -0.2) is 20.7 Å². The fourth-order valence-electron chi connectivity index (χ4n) is 1.55. The van der Waals surface area contributed by atoms with E-state index in [-0.39, 0.29) is 16.8 Å². The summed E-state index contributed by atoms with van der Waals surface area (Å²) in [6, 6.07) is 1.86. The summed E-state index contributed by atoms with van der Waals surface area (Å²) >= 11 is 4.89. The molecule has 0 aliphatic rings. The molecule has 1 atom stereocenters. The van der Waals surface area contributed by atoms with Crippen molar-refractivity contribution >= 4 is 23.1 Å². The lowest BCUT2D eigenvalue weighted by Gasteiger charge is -2.13. The molecule has 0 aromatic carbocycles. The summed E-state index contributed by atoms with van der Waals surface area (Å²) in [7, 11) is 1.83. The van der Waals surface area contributed by atoms with Crippen molar-refractivity contribution in [3.05, 3.63) is 18.0 Å². The van der Waals surface area contributed by atoms with Gasteiger partial charge >= 0.3 is 0 Å². The number of hydrogen-bond acceptors (Lipinski definition) is 3. The first kappa shape index (κ1) is 13.6. The first-order valence-electron chi connectivity index (χ1n) is 5.60. The van der Waals surface area contributed by atoms with E-state index in [4.69, 9.17) is 18.0 Å². The van der Waals surface area contributed by atoms with Gasteiger partial charge in [0.1, 0.15) is 0 Å². The Balaban J connectivity index is 2.50. The van der Waals surface area contributed by atoms with E-state index in [0.29, 0.717) is 13.0 Å². The number of rotatable bonds is 6. The molecule has 1 unspecified atom stereocenters. The van der Waals surface area contributed by atoms with Crippen molar-refractivity contribution in [3.8, 4) is 0 Å². The van der Waals surface area contributed by atoms with Gasteiger partial charge < -0.3 is 11.1 Å². The molecule has 1 rings (SSSR count). The molecule has 0 saturated heterocycles. The number of carbonyl (C=O) groups is 1. The Kier molecular flexibility index (Phi) is 5.09. The van der Waals surface area contributed by atoms with Gasteiger partial charge in [-0.05, 0) is 12.5 Å². The van der Waals surface area contributed by atoms with E-state index >= 15 is 0 Å². The van der Waals surface area contributed by atoms with Crippen LogP contribution in [-0.2, 0) is 18.4 Å². The highest BCUT2D eigenvalue weighted by molar-refractivity contribution is 7.80. The minimum Gasteiger partial charge on any atom is -0.393 e. The molecule has 0 aliphatic carbocycles. The predicted molar refractivity (Wildman–Crippen MR) is 70.2 cm³/mol. The quantitative estimate of drug-likeness (QED) is 0.734. The Bertz CT molecular complexity index is 402. The molecule has 0 spiro atoms. The zero-order valence-electron chi connectivity index (χ0n) is 10.1. The number of nitrogens with two attached hydrogens (primary N) is 1. The number of nitrogens with one attached hydrogen (secondary N) is 1. The van der Waals surface area contributed by atoms with Gasteiger partial charge in [-0.3, -0.25) is 9.48 Å². The van der Waals surface area contributed by atoms with Gasteiger partial charge in [-0.15, -0.1) is 0 Å². The van der Waals surface area contributed by atoms with Crippen molar-refractivity contribution in [1.82, 2.24) is 15.1 Å². The van der Waals surface area contributed by atoms with E-state index in [2.05, 4.69) is 10.4 Å². The van der Waals surface area contributed by atoms with Crippen LogP contribution in [0.2, 0.25) is 0 Å². The third kappa shape index (κ3) is 4.14. The van der Waals surface area contributed by atoms with E-state index < -0.39 is 0 Å². The van der Waals surface area contributed by atoms with Crippen LogP contribution in [0.3, 0.4) is 0 Å². The van der Waals surface area contributed by atoms with Gasteiger partial charge in [0.25, 0.3) is 0 Å². The standard InChI is InChI=1S/C11H18N4OS/c1-3-4-9(10(12)17)11(16)13-7-8-5-6-15(2)14-8/h5-6,9H,3-4,7H2,1-2H3,(H2,12,17)(H,13,16). The number of aryl methyl sites for hydroxylation is 1. The fraction of sp³-hybridized carbons (Fsp3) is 0.545. The fourth-order valence-corrected chi connectivity index (χ4v) is 1.77. The zero-order valence-corrected chi connectivity index (χ0v) is 11.0. The Hall–Kier alpha value is -1.43. The summed E-state index contributed by atoms with van der Waals surface area (Å²) in [6.45, 7) is 2.40. The summed E-state index contributed by atoms with van der Waals surface area (Å²) in [4.78, 5) is 12.1. The average Bonchev–Trinajstić information content (AvgIpc) is 2.68. The minimum absolute atomic E-state index is 0.120. The third-order valence-corrected chi connectivity index (χ3v) is 2.73. The molecule has 17 heavy (non-hydrogen) atoms. The van der Waals surface area contributed by atoms with Crippen molar-refractivity contribution < 1.29 is 4.79 Å². The Morgan fingerprint density at radius 1 is 1.71 bits per heavy atom. The lowest BCUT2D eigenvalue weighted by Crippen LogP contribution is -2.37. The van der Waals surface area contributed by atoms with Crippen molar-refractivity contribution in [2.24, 2.45) is 18.7 Å². The molecule has 0 fully saturated rings. The van der Waals surface area contributed by atoms with E-state index in [0.717, 1.165) is 12.1 Å². The summed E-state index contributed by atoms with van der Waals surface area (Å²) in [5.74, 6) is -0.497. The Morgan fingerprint density at radius 3 is 2.88 bits per heavy atom. The molecule has 0 aliphatic heterocycles. The summed E-state index contributed by atoms with van der Waals surface area (Å²) in [5.41, 5.74) is 6.37. The molecule has 5 nitrogen and oxygen atoms in total. The summed E-state index contributed by atoms with van der Waals surface area (Å²) < 4.78 is 1.69. The highest BCUT2D eigenvalue weighted by Crippen LogP contribution is 2.07. The van der Waals surface area contributed by atoms with Crippen LogP contribution in [0.5, 0.6) is 0 Å². The molecule has 0 saturated carbocycles. The molecule has 3 N–H and O–H groups in total. The molecule has 0 bridgehead atoms. The highest BCUT2D eigenvalue weighted by Gasteiger charge is 2.20. The SMILES string of the molecule is CCCC(C(=O)NCc1ccn(C)n1)C(N)=S. The van der Waals surface area contributed by atoms with Gasteiger partial charge in [0.05, 0.1) is 23.1 Å². The smallest absolute Gasteiger partial charge is 0.230 e. The highest BCUT2D eigenvalue weighted by atomic mass is 32.1. The van der Waals surface area contributed by atoms with Gasteiger partial charge in [-0.25, -0.2) is 0 Å². The first-order valence-corrected chi connectivity index (χ1v) is 6.01. The summed E-state index contributed by atoms with van der Waals surface area (Å²) in [5, 5.41) is 6.97. The number of carbonyl (C=O) groups excluding carboxylic acids is 1. The van der Waals surface area contributed by atoms with Crippen LogP contribution in [0.25, 0.3) is 0 Å². The second kappa shape index (κ2) is 6.34. The van der Waals surface area contributed by atoms with Crippen molar-refractivity contribution in [2.75, 3.05) is 0 Å². The zero-order chi connectivity index (χ0) is 12.8. The maximum atomic E-state index is 11.8. The number of aromatic nitrogens is 2. The Labute approximate surface area is 106 Å². The maximum absolute atomic E-state index is 11.8. The lowest BCUT2D eigenvalue weighted by molar-refractivity contribution is -0.123. The molecule has 1 amide bonds. The minimum atomic E-state index is -0.376. The third-order valence-electron chi connectivity index (χ3n) is 2.45. The first-order chi connectivity index (χ1) is 8.04. The molecule has 6 heteroatoms. The van der Waals surface area contributed by atoms with Crippen LogP contribution in [0.15, 0.2) is 12.3 Å². The van der Waals surface area contributed by atoms with Crippen LogP contribution in [0.1, 0.15) is 25.5 Å². The molecule has 1 aromatic rings. The number of nitrogens with zero attached hydrogens (tertiary/aromatic N) is 2. The topological polar surface area (TPSA) is 72.9 Å². The summed E-state index contributed by atoms with van der Waals surface area (Å²) in [6.07, 6.45) is 3.39. The molecule has 94 valence electrons. The van der Waals surface area contributed by atoms with Crippen LogP contribution < -0.4 is 11.1 Å². The van der Waals surface area contributed by atoms with Gasteiger partial charge in [-0.1, -0.05) is 25.6 Å². The molecule has 1 aromatic heterocycles. The van der Waals surface area contributed by atoms with Crippen LogP contribution in [0, 0.1) is 5.92 Å². The second-order valence-corrected chi connectivity index (χ2v) is 4.41. The second-order valence-electron chi connectivity index (χ2n) is 3.94. The molecular weight excluding hydrogens is 236 g/mol. The van der Waals surface area contributed by atoms with Crippen molar-refractivity contribution in [3.63, 3.8) is 0 Å². The van der Waals surface area contributed by atoms with Crippen molar-refractivity contribution in [2.45, 2.75) is 26.3 Å². The number of hydrogen-bond donors (Lipinski definition) is 2. The van der Waals surface area contributed by atoms with Crippen molar-refractivity contribution in [1.29, 1.82) is 0 Å². The van der Waals surface area contributed by atoms with E-state index in [9.17, 15) is 4.79 Å². The van der Waals surface area contributed by atoms with Crippen LogP contribution >= 0.6 is 12.2 Å². The van der Waals surface area contributed by atoms with E-state index in [1.165, 1.54) is 0 Å². The number of thiocarbonyl (C=S) groups is 1. The van der Waals surface area contributed by atoms with Gasteiger partial charge in [0, 0.05) is 13.2 Å². The van der Waals surface area contributed by atoms with Gasteiger partial charge in [0.15, 0.2) is 0 Å². The van der Waals surface area contributed by atoms with E-state index in [1.807, 2.05) is 26.2 Å². The van der Waals surface area contributed by atoms with Crippen LogP contribution in [0.4, 0.5) is 0 Å². The van der Waals surface area contributed by atoms with Gasteiger partial charge in [-0.2, -0.15) is 5.10 Å². The van der Waals surface area contributed by atoms with E-state index in [1.54, 1.807) is 4.68 Å². The van der Waals surface area contributed by atoms with Gasteiger partial charge in [0.2, 0.25) is 5.91 Å². The number of amides is 1. The Morgan fingerprint density at radius 2 is 2.41 bits per heavy atom.